The summed E-state index contributed by atoms with van der Waals surface area (Å²) in [5, 5.41) is 1.04. The first-order chi connectivity index (χ1) is 7.35. The molecule has 4 heteroatoms. The lowest BCUT2D eigenvalue weighted by atomic mass is 10.3. The summed E-state index contributed by atoms with van der Waals surface area (Å²) in [6.45, 7) is 7.72. The Morgan fingerprint density at radius 3 is 2.47 bits per heavy atom. The van der Waals surface area contributed by atoms with Gasteiger partial charge in [-0.3, -0.25) is 0 Å². The van der Waals surface area contributed by atoms with Gasteiger partial charge in [-0.25, -0.2) is 0 Å². The molecule has 0 unspecified atom stereocenters. The molecule has 0 aliphatic rings. The molecule has 0 N–H and O–H groups in total. The van der Waals surface area contributed by atoms with Crippen LogP contribution in [0.25, 0.3) is 0 Å². The number of unbranched alkanes of at least 4 members (excludes halogenated alkanes) is 1. The Labute approximate surface area is 102 Å². The zero-order valence-electron chi connectivity index (χ0n) is 10.0. The highest BCUT2D eigenvalue weighted by Crippen LogP contribution is 1.96. The van der Waals surface area contributed by atoms with E-state index in [1.54, 1.807) is 7.11 Å². The predicted octanol–water partition coefficient (Wildman–Crippen LogP) is 2.15. The van der Waals surface area contributed by atoms with E-state index in [1.165, 1.54) is 19.4 Å². The van der Waals surface area contributed by atoms with Gasteiger partial charge in [-0.15, -0.1) is 0 Å². The minimum absolute atomic E-state index is 0.688. The van der Waals surface area contributed by atoms with Crippen LogP contribution in [0.4, 0.5) is 0 Å². The molecular formula is C11H24BrNO2. The predicted molar refractivity (Wildman–Crippen MR) is 67.8 cm³/mol. The Kier molecular flexibility index (Phi) is 12.7. The molecule has 0 radical (unpaired) electrons. The summed E-state index contributed by atoms with van der Waals surface area (Å²) in [6.07, 6.45) is 2.52. The minimum Gasteiger partial charge on any atom is -0.382 e. The van der Waals surface area contributed by atoms with E-state index in [-0.39, 0.29) is 0 Å². The van der Waals surface area contributed by atoms with Crippen molar-refractivity contribution in [2.45, 2.75) is 19.8 Å². The van der Waals surface area contributed by atoms with E-state index in [9.17, 15) is 0 Å². The molecule has 0 heterocycles. The Hall–Kier alpha value is 0.360. The van der Waals surface area contributed by atoms with Crippen LogP contribution >= 0.6 is 15.9 Å². The third-order valence-electron chi connectivity index (χ3n) is 2.21. The Balaban J connectivity index is 3.38. The van der Waals surface area contributed by atoms with Gasteiger partial charge in [0.05, 0.1) is 19.8 Å². The average Bonchev–Trinajstić information content (AvgIpc) is 2.25. The molecule has 0 saturated carbocycles. The summed E-state index contributed by atoms with van der Waals surface area (Å²) >= 11 is 3.47. The quantitative estimate of drug-likeness (QED) is 0.428. The van der Waals surface area contributed by atoms with Crippen molar-refractivity contribution in [1.82, 2.24) is 4.90 Å². The largest absolute Gasteiger partial charge is 0.382 e. The van der Waals surface area contributed by atoms with Gasteiger partial charge in [0.2, 0.25) is 0 Å². The van der Waals surface area contributed by atoms with Crippen LogP contribution in [0.2, 0.25) is 0 Å². The van der Waals surface area contributed by atoms with Crippen LogP contribution < -0.4 is 0 Å². The van der Waals surface area contributed by atoms with Crippen molar-refractivity contribution in [1.29, 1.82) is 0 Å². The van der Waals surface area contributed by atoms with Crippen LogP contribution in [0.5, 0.6) is 0 Å². The Morgan fingerprint density at radius 2 is 1.87 bits per heavy atom. The molecule has 0 saturated heterocycles. The van der Waals surface area contributed by atoms with E-state index in [4.69, 9.17) is 9.47 Å². The summed E-state index contributed by atoms with van der Waals surface area (Å²) < 4.78 is 10.4. The summed E-state index contributed by atoms with van der Waals surface area (Å²) in [5.41, 5.74) is 0. The fraction of sp³-hybridized carbons (Fsp3) is 1.00. The molecule has 0 spiro atoms. The maximum atomic E-state index is 5.45. The molecule has 0 amide bonds. The van der Waals surface area contributed by atoms with E-state index < -0.39 is 0 Å². The first-order valence-electron chi connectivity index (χ1n) is 5.70. The van der Waals surface area contributed by atoms with E-state index in [0.717, 1.165) is 25.0 Å². The number of nitrogens with zero attached hydrogens (tertiary/aromatic N) is 1. The highest BCUT2D eigenvalue weighted by atomic mass is 79.9. The third-order valence-corrected chi connectivity index (χ3v) is 2.57. The van der Waals surface area contributed by atoms with Gasteiger partial charge in [-0.05, 0) is 13.0 Å². The molecule has 0 fully saturated rings. The number of halogens is 1. The monoisotopic (exact) mass is 281 g/mol. The smallest absolute Gasteiger partial charge is 0.0700 e. The maximum Gasteiger partial charge on any atom is 0.0700 e. The molecule has 0 aromatic rings. The van der Waals surface area contributed by atoms with Gasteiger partial charge in [-0.1, -0.05) is 29.3 Å². The van der Waals surface area contributed by atoms with Crippen LogP contribution in [0.3, 0.4) is 0 Å². The first-order valence-corrected chi connectivity index (χ1v) is 6.82. The number of methoxy groups -OCH3 is 1. The second-order valence-electron chi connectivity index (χ2n) is 3.49. The molecule has 92 valence electrons. The fourth-order valence-electron chi connectivity index (χ4n) is 1.27. The average molecular weight is 282 g/mol. The van der Waals surface area contributed by atoms with E-state index >= 15 is 0 Å². The van der Waals surface area contributed by atoms with Gasteiger partial charge in [0, 0.05) is 25.5 Å². The second-order valence-corrected chi connectivity index (χ2v) is 4.28. The fourth-order valence-corrected chi connectivity index (χ4v) is 1.78. The van der Waals surface area contributed by atoms with E-state index in [2.05, 4.69) is 27.8 Å². The van der Waals surface area contributed by atoms with Crippen LogP contribution in [0.15, 0.2) is 0 Å². The summed E-state index contributed by atoms with van der Waals surface area (Å²) in [5.74, 6) is 0. The normalized spacial score (nSPS) is 11.2. The second kappa shape index (κ2) is 12.4. The molecule has 0 atom stereocenters. The van der Waals surface area contributed by atoms with E-state index in [0.29, 0.717) is 13.2 Å². The van der Waals surface area contributed by atoms with Gasteiger partial charge in [0.15, 0.2) is 0 Å². The Morgan fingerprint density at radius 1 is 1.07 bits per heavy atom. The zero-order chi connectivity index (χ0) is 11.4. The van der Waals surface area contributed by atoms with Crippen molar-refractivity contribution in [2.75, 3.05) is 51.9 Å². The Bertz CT molecular complexity index is 125. The van der Waals surface area contributed by atoms with Crippen molar-refractivity contribution in [3.63, 3.8) is 0 Å². The minimum atomic E-state index is 0.688. The highest BCUT2D eigenvalue weighted by molar-refractivity contribution is 9.09. The molecular weight excluding hydrogens is 258 g/mol. The van der Waals surface area contributed by atoms with Crippen molar-refractivity contribution < 1.29 is 9.47 Å². The number of hydrogen-bond donors (Lipinski definition) is 0. The number of ether oxygens (including phenoxy) is 2. The van der Waals surface area contributed by atoms with Crippen LogP contribution in [0, 0.1) is 0 Å². The van der Waals surface area contributed by atoms with Gasteiger partial charge in [0.1, 0.15) is 0 Å². The number of hydrogen-bond acceptors (Lipinski definition) is 3. The summed E-state index contributed by atoms with van der Waals surface area (Å²) in [6, 6.07) is 0. The summed E-state index contributed by atoms with van der Waals surface area (Å²) in [4.78, 5) is 2.44. The number of alkyl halides is 1. The van der Waals surface area contributed by atoms with Crippen molar-refractivity contribution >= 4 is 15.9 Å². The molecule has 0 rings (SSSR count). The first kappa shape index (κ1) is 15.4. The van der Waals surface area contributed by atoms with Gasteiger partial charge in [0.25, 0.3) is 0 Å². The van der Waals surface area contributed by atoms with Crippen molar-refractivity contribution in [3.05, 3.63) is 0 Å². The van der Waals surface area contributed by atoms with Gasteiger partial charge >= 0.3 is 0 Å². The third kappa shape index (κ3) is 10.6. The van der Waals surface area contributed by atoms with E-state index in [1.807, 2.05) is 0 Å². The van der Waals surface area contributed by atoms with Gasteiger partial charge in [-0.2, -0.15) is 0 Å². The maximum absolute atomic E-state index is 5.45. The molecule has 0 aromatic carbocycles. The zero-order valence-corrected chi connectivity index (χ0v) is 11.6. The van der Waals surface area contributed by atoms with Gasteiger partial charge < -0.3 is 14.4 Å². The summed E-state index contributed by atoms with van der Waals surface area (Å²) in [7, 11) is 1.70. The lowest BCUT2D eigenvalue weighted by Crippen LogP contribution is -2.30. The molecule has 0 aliphatic carbocycles. The van der Waals surface area contributed by atoms with Crippen LogP contribution in [0.1, 0.15) is 19.8 Å². The SMILES string of the molecule is CCCCN(CCBr)CCOCCOC. The molecule has 3 nitrogen and oxygen atoms in total. The lowest BCUT2D eigenvalue weighted by Gasteiger charge is -2.20. The molecule has 0 aromatic heterocycles. The topological polar surface area (TPSA) is 21.7 Å². The highest BCUT2D eigenvalue weighted by Gasteiger charge is 2.02. The number of rotatable bonds is 11. The van der Waals surface area contributed by atoms with Crippen LogP contribution in [-0.4, -0.2) is 56.8 Å². The standard InChI is InChI=1S/C11H24BrNO2/c1-3-4-6-13(7-5-12)8-9-15-11-10-14-2/h3-11H2,1-2H3. The molecule has 0 bridgehead atoms. The van der Waals surface area contributed by atoms with Crippen molar-refractivity contribution in [2.24, 2.45) is 0 Å². The van der Waals surface area contributed by atoms with Crippen molar-refractivity contribution in [3.8, 4) is 0 Å². The molecule has 15 heavy (non-hydrogen) atoms. The lowest BCUT2D eigenvalue weighted by molar-refractivity contribution is 0.0579. The molecule has 0 aliphatic heterocycles. The van der Waals surface area contributed by atoms with Crippen LogP contribution in [-0.2, 0) is 9.47 Å².